The Morgan fingerprint density at radius 1 is 0.940 bits per heavy atom. The number of carbonyl (C=O) groups is 1. The SMILES string of the molecule is COc1cc(-n2cccn2)ccc1OC(=O)N(c1ccnc(Nc2ccc(OCCCN3CCN(C)CC3)c(F)c2)n1)c1c(C)cccc1C. The molecule has 0 spiro atoms. The number of hydrogen-bond donors (Lipinski definition) is 1. The number of halogens is 1. The zero-order valence-electron chi connectivity index (χ0n) is 28.7. The Kier molecular flexibility index (Phi) is 10.8. The first-order chi connectivity index (χ1) is 24.3. The fourth-order valence-corrected chi connectivity index (χ4v) is 5.80. The van der Waals surface area contributed by atoms with E-state index in [9.17, 15) is 4.79 Å². The number of ether oxygens (including phenoxy) is 3. The first-order valence-corrected chi connectivity index (χ1v) is 16.5. The minimum Gasteiger partial charge on any atom is -0.493 e. The smallest absolute Gasteiger partial charge is 0.425 e. The van der Waals surface area contributed by atoms with E-state index in [0.717, 1.165) is 56.0 Å². The molecule has 1 saturated heterocycles. The van der Waals surface area contributed by atoms with Crippen molar-refractivity contribution >= 4 is 29.2 Å². The van der Waals surface area contributed by atoms with Crippen LogP contribution in [0.4, 0.5) is 32.3 Å². The number of aromatic nitrogens is 4. The highest BCUT2D eigenvalue weighted by atomic mass is 19.1. The summed E-state index contributed by atoms with van der Waals surface area (Å²) in [6, 6.07) is 18.9. The summed E-state index contributed by atoms with van der Waals surface area (Å²) in [6.45, 7) is 9.33. The van der Waals surface area contributed by atoms with E-state index in [1.54, 1.807) is 53.5 Å². The molecule has 3 aromatic carbocycles. The van der Waals surface area contributed by atoms with Crippen molar-refractivity contribution < 1.29 is 23.4 Å². The molecule has 0 unspecified atom stereocenters. The molecule has 1 amide bonds. The van der Waals surface area contributed by atoms with Crippen LogP contribution in [0.2, 0.25) is 0 Å². The largest absolute Gasteiger partial charge is 0.493 e. The van der Waals surface area contributed by atoms with Crippen LogP contribution in [0.25, 0.3) is 5.69 Å². The van der Waals surface area contributed by atoms with E-state index < -0.39 is 11.9 Å². The van der Waals surface area contributed by atoms with Crippen molar-refractivity contribution in [3.8, 4) is 22.9 Å². The number of carbonyl (C=O) groups excluding carboxylic acids is 1. The van der Waals surface area contributed by atoms with Gasteiger partial charge < -0.3 is 29.3 Å². The van der Waals surface area contributed by atoms with Gasteiger partial charge in [-0.2, -0.15) is 10.1 Å². The topological polar surface area (TPSA) is 110 Å². The van der Waals surface area contributed by atoms with Crippen LogP contribution >= 0.6 is 0 Å². The molecule has 2 aromatic heterocycles. The Morgan fingerprint density at radius 2 is 1.72 bits per heavy atom. The number of amides is 1. The van der Waals surface area contributed by atoms with Crippen LogP contribution in [0.5, 0.6) is 17.2 Å². The molecule has 0 aliphatic carbocycles. The lowest BCUT2D eigenvalue weighted by atomic mass is 10.1. The summed E-state index contributed by atoms with van der Waals surface area (Å²) in [5.41, 5.74) is 3.43. The van der Waals surface area contributed by atoms with Crippen LogP contribution in [-0.2, 0) is 0 Å². The zero-order valence-corrected chi connectivity index (χ0v) is 28.7. The molecule has 0 radical (unpaired) electrons. The summed E-state index contributed by atoms with van der Waals surface area (Å²) < 4.78 is 34.0. The Labute approximate surface area is 291 Å². The summed E-state index contributed by atoms with van der Waals surface area (Å²) in [7, 11) is 3.63. The van der Waals surface area contributed by atoms with E-state index in [-0.39, 0.29) is 23.3 Å². The van der Waals surface area contributed by atoms with Crippen LogP contribution < -0.4 is 24.4 Å². The van der Waals surface area contributed by atoms with Crippen molar-refractivity contribution in [2.75, 3.05) is 63.7 Å². The summed E-state index contributed by atoms with van der Waals surface area (Å²) in [5.74, 6) is 0.655. The number of para-hydroxylation sites is 1. The lowest BCUT2D eigenvalue weighted by Crippen LogP contribution is -2.44. The molecule has 5 aromatic rings. The van der Waals surface area contributed by atoms with E-state index in [1.807, 2.05) is 38.1 Å². The summed E-state index contributed by atoms with van der Waals surface area (Å²) in [6.07, 6.45) is 5.10. The van der Waals surface area contributed by atoms with Gasteiger partial charge in [0.2, 0.25) is 5.95 Å². The number of methoxy groups -OCH3 is 1. The Balaban J connectivity index is 1.18. The maximum Gasteiger partial charge on any atom is 0.425 e. The number of anilines is 4. The molecule has 12 nitrogen and oxygen atoms in total. The second-order valence-corrected chi connectivity index (χ2v) is 12.1. The number of likely N-dealkylation sites (N-methyl/N-ethyl adjacent to an activating group) is 1. The average molecular weight is 681 g/mol. The maximum atomic E-state index is 15.1. The molecular weight excluding hydrogens is 639 g/mol. The van der Waals surface area contributed by atoms with Crippen LogP contribution in [-0.4, -0.2) is 89.1 Å². The molecule has 1 aliphatic heterocycles. The highest BCUT2D eigenvalue weighted by Gasteiger charge is 2.27. The average Bonchev–Trinajstić information content (AvgIpc) is 3.66. The first kappa shape index (κ1) is 34.3. The van der Waals surface area contributed by atoms with Gasteiger partial charge in [-0.15, -0.1) is 0 Å². The molecule has 1 N–H and O–H groups in total. The number of rotatable bonds is 12. The second-order valence-electron chi connectivity index (χ2n) is 12.1. The predicted molar refractivity (Wildman–Crippen MR) is 190 cm³/mol. The van der Waals surface area contributed by atoms with Gasteiger partial charge in [0.25, 0.3) is 0 Å². The normalized spacial score (nSPS) is 13.5. The van der Waals surface area contributed by atoms with Gasteiger partial charge in [0.05, 0.1) is 25.1 Å². The molecule has 6 rings (SSSR count). The number of nitrogens with zero attached hydrogens (tertiary/aromatic N) is 7. The van der Waals surface area contributed by atoms with E-state index in [1.165, 1.54) is 24.3 Å². The number of hydrogen-bond acceptors (Lipinski definition) is 10. The second kappa shape index (κ2) is 15.8. The van der Waals surface area contributed by atoms with Crippen LogP contribution in [0, 0.1) is 19.7 Å². The highest BCUT2D eigenvalue weighted by molar-refractivity contribution is 5.98. The van der Waals surface area contributed by atoms with Crippen molar-refractivity contribution in [3.63, 3.8) is 0 Å². The summed E-state index contributed by atoms with van der Waals surface area (Å²) in [5, 5.41) is 7.31. The van der Waals surface area contributed by atoms with Crippen LogP contribution in [0.15, 0.2) is 85.3 Å². The van der Waals surface area contributed by atoms with E-state index in [4.69, 9.17) is 14.2 Å². The van der Waals surface area contributed by atoms with Gasteiger partial charge in [0.15, 0.2) is 23.1 Å². The lowest BCUT2D eigenvalue weighted by molar-refractivity contribution is 0.145. The van der Waals surface area contributed by atoms with Gasteiger partial charge >= 0.3 is 6.09 Å². The van der Waals surface area contributed by atoms with Crippen molar-refractivity contribution in [2.24, 2.45) is 0 Å². The fourth-order valence-electron chi connectivity index (χ4n) is 5.80. The molecule has 260 valence electrons. The van der Waals surface area contributed by atoms with E-state index in [0.29, 0.717) is 23.7 Å². The van der Waals surface area contributed by atoms with Gasteiger partial charge in [-0.25, -0.2) is 23.8 Å². The van der Waals surface area contributed by atoms with Crippen molar-refractivity contribution in [3.05, 3.63) is 102 Å². The van der Waals surface area contributed by atoms with Crippen LogP contribution in [0.3, 0.4) is 0 Å². The third kappa shape index (κ3) is 8.18. The summed E-state index contributed by atoms with van der Waals surface area (Å²) in [4.78, 5) is 29.1. The maximum absolute atomic E-state index is 15.1. The molecule has 13 heteroatoms. The third-order valence-electron chi connectivity index (χ3n) is 8.49. The minimum absolute atomic E-state index is 0.160. The number of piperazine rings is 1. The molecule has 1 aliphatic rings. The molecule has 0 saturated carbocycles. The highest BCUT2D eigenvalue weighted by Crippen LogP contribution is 2.35. The number of nitrogens with one attached hydrogen (secondary N) is 1. The van der Waals surface area contributed by atoms with E-state index >= 15 is 4.39 Å². The standard InChI is InChI=1S/C37H41FN8O4/c1-26-8-5-9-27(2)35(26)46(37(47)50-32-13-11-29(25-33(32)48-4)45-18-6-15-40-45)34-14-16-39-36(42-34)41-28-10-12-31(30(38)24-28)49-23-7-17-44-21-19-43(3)20-22-44/h5-6,8-16,18,24-25H,7,17,19-23H2,1-4H3,(H,39,41,42). The number of benzene rings is 3. The molecule has 0 atom stereocenters. The minimum atomic E-state index is -0.711. The number of aryl methyl sites for hydroxylation is 2. The first-order valence-electron chi connectivity index (χ1n) is 16.5. The van der Waals surface area contributed by atoms with Crippen LogP contribution in [0.1, 0.15) is 17.5 Å². The van der Waals surface area contributed by atoms with Crippen molar-refractivity contribution in [1.29, 1.82) is 0 Å². The van der Waals surface area contributed by atoms with Gasteiger partial charge in [0.1, 0.15) is 5.82 Å². The van der Waals surface area contributed by atoms with E-state index in [2.05, 4.69) is 37.2 Å². The summed E-state index contributed by atoms with van der Waals surface area (Å²) >= 11 is 0. The quantitative estimate of drug-likeness (QED) is 0.146. The van der Waals surface area contributed by atoms with Gasteiger partial charge in [-0.1, -0.05) is 18.2 Å². The van der Waals surface area contributed by atoms with Crippen molar-refractivity contribution in [1.82, 2.24) is 29.5 Å². The predicted octanol–water partition coefficient (Wildman–Crippen LogP) is 6.52. The Hall–Kier alpha value is -5.53. The molecule has 50 heavy (non-hydrogen) atoms. The van der Waals surface area contributed by atoms with Crippen molar-refractivity contribution in [2.45, 2.75) is 20.3 Å². The molecular formula is C37H41FN8O4. The Bertz CT molecular complexity index is 1890. The molecule has 1 fully saturated rings. The van der Waals surface area contributed by atoms with Gasteiger partial charge in [0, 0.05) is 75.2 Å². The third-order valence-corrected chi connectivity index (χ3v) is 8.49. The fraction of sp³-hybridized carbons (Fsp3) is 0.297. The lowest BCUT2D eigenvalue weighted by Gasteiger charge is -2.32. The monoisotopic (exact) mass is 680 g/mol. The molecule has 0 bridgehead atoms. The molecule has 3 heterocycles. The van der Waals surface area contributed by atoms with Gasteiger partial charge in [-0.3, -0.25) is 0 Å². The van der Waals surface area contributed by atoms with Gasteiger partial charge in [-0.05, 0) is 68.8 Å². The zero-order chi connectivity index (χ0) is 35.0. The Morgan fingerprint density at radius 3 is 2.44 bits per heavy atom.